The summed E-state index contributed by atoms with van der Waals surface area (Å²) in [7, 11) is 0. The third-order valence-corrected chi connectivity index (χ3v) is 3.04. The molecule has 5 nitrogen and oxygen atoms in total. The van der Waals surface area contributed by atoms with E-state index in [1.54, 1.807) is 13.0 Å². The van der Waals surface area contributed by atoms with Gasteiger partial charge in [-0.15, -0.1) is 0 Å². The first kappa shape index (κ1) is 16.0. The van der Waals surface area contributed by atoms with Crippen molar-refractivity contribution in [2.45, 2.75) is 40.2 Å². The minimum Gasteiger partial charge on any atom is -0.449 e. The van der Waals surface area contributed by atoms with E-state index in [0.717, 1.165) is 17.5 Å². The van der Waals surface area contributed by atoms with E-state index in [2.05, 4.69) is 5.32 Å². The monoisotopic (exact) mass is 278 g/mol. The van der Waals surface area contributed by atoms with Gasteiger partial charge in [0.05, 0.1) is 5.56 Å². The summed E-state index contributed by atoms with van der Waals surface area (Å²) in [5.74, 6) is -0.828. The number of nitrogen functional groups attached to an aromatic ring is 1. The minimum atomic E-state index is -0.823. The summed E-state index contributed by atoms with van der Waals surface area (Å²) in [6.07, 6.45) is 0.0102. The van der Waals surface area contributed by atoms with Crippen molar-refractivity contribution in [3.63, 3.8) is 0 Å². The van der Waals surface area contributed by atoms with Crippen molar-refractivity contribution in [1.29, 1.82) is 0 Å². The number of carbonyl (C=O) groups excluding carboxylic acids is 2. The maximum absolute atomic E-state index is 12.1. The van der Waals surface area contributed by atoms with E-state index in [-0.39, 0.29) is 5.91 Å². The molecule has 1 aromatic carbocycles. The van der Waals surface area contributed by atoms with Crippen LogP contribution in [-0.4, -0.2) is 24.5 Å². The molecule has 0 aliphatic heterocycles. The molecule has 1 rings (SSSR count). The molecule has 1 atom stereocenters. The van der Waals surface area contributed by atoms with Gasteiger partial charge in [0.2, 0.25) is 0 Å². The Kier molecular flexibility index (Phi) is 5.55. The van der Waals surface area contributed by atoms with Gasteiger partial charge in [0.15, 0.2) is 6.10 Å². The van der Waals surface area contributed by atoms with Gasteiger partial charge in [-0.25, -0.2) is 4.79 Å². The lowest BCUT2D eigenvalue weighted by Crippen LogP contribution is -2.36. The number of nitrogens with two attached hydrogens (primary N) is 1. The smallest absolute Gasteiger partial charge is 0.339 e. The van der Waals surface area contributed by atoms with E-state index >= 15 is 0 Å². The normalized spacial score (nSPS) is 11.8. The zero-order valence-corrected chi connectivity index (χ0v) is 12.4. The summed E-state index contributed by atoms with van der Waals surface area (Å²) in [6, 6.07) is 3.41. The fourth-order valence-corrected chi connectivity index (χ4v) is 1.76. The molecular weight excluding hydrogens is 256 g/mol. The van der Waals surface area contributed by atoms with Gasteiger partial charge < -0.3 is 15.8 Å². The van der Waals surface area contributed by atoms with E-state index in [1.165, 1.54) is 0 Å². The molecule has 20 heavy (non-hydrogen) atoms. The number of amides is 1. The van der Waals surface area contributed by atoms with Crippen LogP contribution in [0.4, 0.5) is 5.69 Å². The quantitative estimate of drug-likeness (QED) is 0.637. The Bertz CT molecular complexity index is 512. The van der Waals surface area contributed by atoms with Gasteiger partial charge in [0.1, 0.15) is 0 Å². The molecule has 0 aliphatic carbocycles. The Hall–Kier alpha value is -2.04. The zero-order chi connectivity index (χ0) is 15.3. The van der Waals surface area contributed by atoms with Crippen LogP contribution in [0, 0.1) is 13.8 Å². The zero-order valence-electron chi connectivity index (χ0n) is 12.4. The number of nitrogens with one attached hydrogen (secondary N) is 1. The van der Waals surface area contributed by atoms with Crippen LogP contribution in [0.1, 0.15) is 41.8 Å². The molecule has 0 radical (unpaired) electrons. The van der Waals surface area contributed by atoms with Crippen molar-refractivity contribution in [2.24, 2.45) is 0 Å². The van der Waals surface area contributed by atoms with Crippen molar-refractivity contribution in [1.82, 2.24) is 5.32 Å². The summed E-state index contributed by atoms with van der Waals surface area (Å²) in [5, 5.41) is 2.68. The summed E-state index contributed by atoms with van der Waals surface area (Å²) in [5.41, 5.74) is 8.41. The van der Waals surface area contributed by atoms with Crippen LogP contribution < -0.4 is 11.1 Å². The number of hydrogen-bond donors (Lipinski definition) is 2. The second-order valence-electron chi connectivity index (χ2n) is 4.86. The molecule has 1 amide bonds. The fourth-order valence-electron chi connectivity index (χ4n) is 1.76. The van der Waals surface area contributed by atoms with Crippen molar-refractivity contribution >= 4 is 17.6 Å². The molecule has 0 saturated carbocycles. The molecule has 1 aromatic rings. The number of hydrogen-bond acceptors (Lipinski definition) is 4. The van der Waals surface area contributed by atoms with Crippen molar-refractivity contribution in [3.8, 4) is 0 Å². The Balaban J connectivity index is 2.76. The number of rotatable bonds is 5. The van der Waals surface area contributed by atoms with Gasteiger partial charge in [-0.1, -0.05) is 13.0 Å². The average molecular weight is 278 g/mol. The topological polar surface area (TPSA) is 81.4 Å². The third kappa shape index (κ3) is 3.98. The summed E-state index contributed by atoms with van der Waals surface area (Å²) < 4.78 is 5.16. The molecule has 0 fully saturated rings. The number of esters is 1. The molecule has 0 aromatic heterocycles. The SMILES string of the molecule is CCCNC(=O)C(C)OC(=O)c1cc(N)c(C)cc1C. The maximum Gasteiger partial charge on any atom is 0.339 e. The lowest BCUT2D eigenvalue weighted by molar-refractivity contribution is -0.129. The van der Waals surface area contributed by atoms with Gasteiger partial charge in [0.25, 0.3) is 5.91 Å². The molecule has 1 unspecified atom stereocenters. The Morgan fingerprint density at radius 3 is 2.55 bits per heavy atom. The highest BCUT2D eigenvalue weighted by Crippen LogP contribution is 2.19. The van der Waals surface area contributed by atoms with Gasteiger partial charge in [-0.05, 0) is 44.4 Å². The molecule has 5 heteroatoms. The second kappa shape index (κ2) is 6.93. The third-order valence-electron chi connectivity index (χ3n) is 3.04. The highest BCUT2D eigenvalue weighted by Gasteiger charge is 2.20. The molecule has 0 saturated heterocycles. The largest absolute Gasteiger partial charge is 0.449 e. The molecule has 0 spiro atoms. The van der Waals surface area contributed by atoms with E-state index in [9.17, 15) is 9.59 Å². The van der Waals surface area contributed by atoms with E-state index in [4.69, 9.17) is 10.5 Å². The number of carbonyl (C=O) groups is 2. The Morgan fingerprint density at radius 1 is 1.30 bits per heavy atom. The predicted octanol–water partition coefficient (Wildman–Crippen LogP) is 1.96. The predicted molar refractivity (Wildman–Crippen MR) is 78.5 cm³/mol. The first-order chi connectivity index (χ1) is 9.36. The second-order valence-corrected chi connectivity index (χ2v) is 4.86. The van der Waals surface area contributed by atoms with Crippen LogP contribution in [0.15, 0.2) is 12.1 Å². The molecule has 0 heterocycles. The van der Waals surface area contributed by atoms with Gasteiger partial charge in [-0.3, -0.25) is 4.79 Å². The van der Waals surface area contributed by atoms with Crippen molar-refractivity contribution in [2.75, 3.05) is 12.3 Å². The van der Waals surface area contributed by atoms with Crippen molar-refractivity contribution in [3.05, 3.63) is 28.8 Å². The Morgan fingerprint density at radius 2 is 1.95 bits per heavy atom. The van der Waals surface area contributed by atoms with E-state index in [1.807, 2.05) is 26.8 Å². The standard InChI is InChI=1S/C15H22N2O3/c1-5-6-17-14(18)11(4)20-15(19)12-8-13(16)10(3)7-9(12)2/h7-8,11H,5-6,16H2,1-4H3,(H,17,18). The van der Waals surface area contributed by atoms with E-state index < -0.39 is 12.1 Å². The molecule has 0 aliphatic rings. The molecule has 3 N–H and O–H groups in total. The van der Waals surface area contributed by atoms with Crippen LogP contribution >= 0.6 is 0 Å². The summed E-state index contributed by atoms with van der Waals surface area (Å²) in [6.45, 7) is 7.76. The number of ether oxygens (including phenoxy) is 1. The number of aryl methyl sites for hydroxylation is 2. The minimum absolute atomic E-state index is 0.294. The van der Waals surface area contributed by atoms with Crippen molar-refractivity contribution < 1.29 is 14.3 Å². The fraction of sp³-hybridized carbons (Fsp3) is 0.467. The average Bonchev–Trinajstić information content (AvgIpc) is 2.39. The summed E-state index contributed by atoms with van der Waals surface area (Å²) in [4.78, 5) is 23.7. The molecule has 0 bridgehead atoms. The number of anilines is 1. The lowest BCUT2D eigenvalue weighted by Gasteiger charge is -2.15. The van der Waals surface area contributed by atoms with Gasteiger partial charge in [0, 0.05) is 12.2 Å². The van der Waals surface area contributed by atoms with Crippen LogP contribution in [0.3, 0.4) is 0 Å². The lowest BCUT2D eigenvalue weighted by atomic mass is 10.0. The first-order valence-corrected chi connectivity index (χ1v) is 6.72. The highest BCUT2D eigenvalue weighted by atomic mass is 16.5. The maximum atomic E-state index is 12.1. The van der Waals surface area contributed by atoms with Gasteiger partial charge in [-0.2, -0.15) is 0 Å². The van der Waals surface area contributed by atoms with Gasteiger partial charge >= 0.3 is 5.97 Å². The molecule has 110 valence electrons. The van der Waals surface area contributed by atoms with Crippen LogP contribution in [0.2, 0.25) is 0 Å². The highest BCUT2D eigenvalue weighted by molar-refractivity contribution is 5.94. The number of benzene rings is 1. The first-order valence-electron chi connectivity index (χ1n) is 6.72. The van der Waals surface area contributed by atoms with Crippen LogP contribution in [-0.2, 0) is 9.53 Å². The van der Waals surface area contributed by atoms with E-state index in [0.29, 0.717) is 17.8 Å². The Labute approximate surface area is 119 Å². The van der Waals surface area contributed by atoms with Crippen LogP contribution in [0.25, 0.3) is 0 Å². The molecular formula is C15H22N2O3. The summed E-state index contributed by atoms with van der Waals surface area (Å²) >= 11 is 0. The van der Waals surface area contributed by atoms with Crippen LogP contribution in [0.5, 0.6) is 0 Å².